The van der Waals surface area contributed by atoms with Gasteiger partial charge in [0, 0.05) is 25.2 Å². The maximum absolute atomic E-state index is 12.4. The molecule has 2 heterocycles. The lowest BCUT2D eigenvalue weighted by Crippen LogP contribution is -2.61. The second-order valence-electron chi connectivity index (χ2n) is 15.9. The summed E-state index contributed by atoms with van der Waals surface area (Å²) in [6.07, 6.45) is 12.6. The zero-order chi connectivity index (χ0) is 26.4. The molecule has 5 heteroatoms. The van der Waals surface area contributed by atoms with Crippen LogP contribution in [-0.2, 0) is 23.8 Å². The molecule has 4 spiro atoms. The average molecular weight is 513 g/mol. The van der Waals surface area contributed by atoms with Crippen molar-refractivity contribution in [3.63, 3.8) is 0 Å². The van der Waals surface area contributed by atoms with Crippen LogP contribution in [0.3, 0.4) is 0 Å². The number of fused-ring (bicyclic) bond motifs is 3. The Morgan fingerprint density at radius 2 is 1.65 bits per heavy atom. The molecule has 11 atom stereocenters. The Hall–Kier alpha value is -1.10. The average Bonchev–Trinajstić information content (AvgIpc) is 3.10. The summed E-state index contributed by atoms with van der Waals surface area (Å²) in [6.45, 7) is 16.0. The first-order valence-electron chi connectivity index (χ1n) is 15.3. The van der Waals surface area contributed by atoms with Crippen molar-refractivity contribution in [2.75, 3.05) is 0 Å². The van der Waals surface area contributed by atoms with E-state index in [0.29, 0.717) is 40.4 Å². The van der Waals surface area contributed by atoms with Crippen molar-refractivity contribution in [3.05, 3.63) is 0 Å². The highest BCUT2D eigenvalue weighted by molar-refractivity contribution is 5.74. The number of hydrogen-bond donors (Lipinski definition) is 0. The fraction of sp³-hybridized carbons (Fsp3) is 0.938. The summed E-state index contributed by atoms with van der Waals surface area (Å²) in [5, 5.41) is 0. The van der Waals surface area contributed by atoms with Crippen molar-refractivity contribution in [1.29, 1.82) is 0 Å². The van der Waals surface area contributed by atoms with E-state index in [1.165, 1.54) is 44.9 Å². The van der Waals surface area contributed by atoms with E-state index >= 15 is 0 Å². The summed E-state index contributed by atoms with van der Waals surface area (Å²) in [6, 6.07) is 0. The van der Waals surface area contributed by atoms with Crippen LogP contribution in [0.2, 0.25) is 0 Å². The number of esters is 2. The maximum atomic E-state index is 12.4. The van der Waals surface area contributed by atoms with E-state index in [1.54, 1.807) is 6.92 Å². The summed E-state index contributed by atoms with van der Waals surface area (Å²) >= 11 is 0. The Labute approximate surface area is 223 Å². The summed E-state index contributed by atoms with van der Waals surface area (Å²) in [4.78, 5) is 24.3. The van der Waals surface area contributed by atoms with Gasteiger partial charge in [0.05, 0.1) is 11.5 Å². The molecule has 7 fully saturated rings. The molecule has 0 aromatic heterocycles. The molecule has 2 aliphatic heterocycles. The second-order valence-corrected chi connectivity index (χ2v) is 15.9. The van der Waals surface area contributed by atoms with Crippen LogP contribution in [-0.4, -0.2) is 29.4 Å². The van der Waals surface area contributed by atoms with Crippen LogP contribution < -0.4 is 0 Å². The summed E-state index contributed by atoms with van der Waals surface area (Å²) < 4.78 is 19.0. The molecule has 0 amide bonds. The first-order valence-corrected chi connectivity index (χ1v) is 15.3. The molecule has 2 saturated heterocycles. The number of hydrogen-bond acceptors (Lipinski definition) is 5. The van der Waals surface area contributed by atoms with Gasteiger partial charge in [-0.15, -0.1) is 0 Å². The van der Waals surface area contributed by atoms with Crippen LogP contribution >= 0.6 is 0 Å². The molecular formula is C32H48O5. The fourth-order valence-corrected chi connectivity index (χ4v) is 12.9. The highest BCUT2D eigenvalue weighted by Gasteiger charge is 2.86. The SMILES string of the molecule is CC(=O)OC1CCC23CC24CCC2C5(CCC2(C)C4(C)CCC3C1(C)C)OC1(CC(C)C(=O)O1)CC5C. The van der Waals surface area contributed by atoms with E-state index in [1.807, 2.05) is 6.92 Å². The summed E-state index contributed by atoms with van der Waals surface area (Å²) in [5.41, 5.74) is 1.23. The topological polar surface area (TPSA) is 61.8 Å². The van der Waals surface area contributed by atoms with E-state index < -0.39 is 5.79 Å². The Bertz CT molecular complexity index is 1070. The number of carbonyl (C=O) groups excluding carboxylic acids is 2. The first-order chi connectivity index (χ1) is 17.2. The molecule has 206 valence electrons. The zero-order valence-corrected chi connectivity index (χ0v) is 24.2. The standard InChI is InChI=1S/C32H48O5/c1-19-16-31(36-25(19)34)17-20(2)32(37-31)15-14-27(6)23(32)9-13-30-18-29(30)12-10-24(35-21(3)33)26(4,5)22(29)8-11-28(27,30)7/h19-20,22-24H,8-18H2,1-7H3. The lowest BCUT2D eigenvalue weighted by molar-refractivity contribution is -0.254. The van der Waals surface area contributed by atoms with Crippen molar-refractivity contribution >= 4 is 11.9 Å². The molecule has 0 N–H and O–H groups in total. The van der Waals surface area contributed by atoms with Gasteiger partial charge in [0.15, 0.2) is 0 Å². The van der Waals surface area contributed by atoms with Gasteiger partial charge in [0.25, 0.3) is 0 Å². The Morgan fingerprint density at radius 3 is 2.32 bits per heavy atom. The quantitative estimate of drug-likeness (QED) is 0.361. The van der Waals surface area contributed by atoms with Gasteiger partial charge in [-0.1, -0.05) is 41.5 Å². The molecule has 5 saturated carbocycles. The normalized spacial score (nSPS) is 58.9. The Kier molecular flexibility index (Phi) is 4.69. The van der Waals surface area contributed by atoms with E-state index in [-0.39, 0.29) is 40.4 Å². The number of rotatable bonds is 1. The fourth-order valence-electron chi connectivity index (χ4n) is 12.9. The van der Waals surface area contributed by atoms with Crippen LogP contribution in [0.4, 0.5) is 0 Å². The predicted octanol–water partition coefficient (Wildman–Crippen LogP) is 6.82. The van der Waals surface area contributed by atoms with Gasteiger partial charge in [-0.2, -0.15) is 0 Å². The minimum absolute atomic E-state index is 0.0297. The Morgan fingerprint density at radius 1 is 0.919 bits per heavy atom. The largest absolute Gasteiger partial charge is 0.462 e. The lowest BCUT2D eigenvalue weighted by Gasteiger charge is -2.66. The smallest absolute Gasteiger partial charge is 0.311 e. The molecule has 7 rings (SSSR count). The van der Waals surface area contributed by atoms with Gasteiger partial charge in [-0.25, -0.2) is 0 Å². The Balaban J connectivity index is 1.21. The van der Waals surface area contributed by atoms with Gasteiger partial charge < -0.3 is 14.2 Å². The molecule has 0 bridgehead atoms. The van der Waals surface area contributed by atoms with E-state index in [9.17, 15) is 9.59 Å². The van der Waals surface area contributed by atoms with Crippen molar-refractivity contribution in [3.8, 4) is 0 Å². The molecule has 11 unspecified atom stereocenters. The van der Waals surface area contributed by atoms with Crippen LogP contribution in [0.25, 0.3) is 0 Å². The maximum Gasteiger partial charge on any atom is 0.311 e. The highest BCUT2D eigenvalue weighted by atomic mass is 16.7. The third kappa shape index (κ3) is 2.63. The molecule has 0 aromatic rings. The minimum Gasteiger partial charge on any atom is -0.462 e. The zero-order valence-electron chi connectivity index (χ0n) is 24.2. The van der Waals surface area contributed by atoms with Crippen LogP contribution in [0.15, 0.2) is 0 Å². The second kappa shape index (κ2) is 6.96. The van der Waals surface area contributed by atoms with Crippen molar-refractivity contribution in [2.45, 2.75) is 137 Å². The predicted molar refractivity (Wildman–Crippen MR) is 139 cm³/mol. The van der Waals surface area contributed by atoms with Gasteiger partial charge in [-0.05, 0) is 97.2 Å². The molecule has 7 aliphatic rings. The van der Waals surface area contributed by atoms with Crippen molar-refractivity contribution in [1.82, 2.24) is 0 Å². The van der Waals surface area contributed by atoms with E-state index in [4.69, 9.17) is 14.2 Å². The molecule has 5 nitrogen and oxygen atoms in total. The minimum atomic E-state index is -0.686. The van der Waals surface area contributed by atoms with Gasteiger partial charge in [0.1, 0.15) is 6.10 Å². The summed E-state index contributed by atoms with van der Waals surface area (Å²) in [7, 11) is 0. The van der Waals surface area contributed by atoms with Gasteiger partial charge in [0.2, 0.25) is 5.79 Å². The molecule has 5 aliphatic carbocycles. The third-order valence-electron chi connectivity index (χ3n) is 14.6. The van der Waals surface area contributed by atoms with Crippen LogP contribution in [0, 0.1) is 50.7 Å². The number of carbonyl (C=O) groups is 2. The third-order valence-corrected chi connectivity index (χ3v) is 14.6. The molecule has 37 heavy (non-hydrogen) atoms. The van der Waals surface area contributed by atoms with Crippen molar-refractivity contribution in [2.24, 2.45) is 50.7 Å². The lowest BCUT2D eigenvalue weighted by atomic mass is 9.39. The van der Waals surface area contributed by atoms with Gasteiger partial charge >= 0.3 is 11.9 Å². The van der Waals surface area contributed by atoms with E-state index in [2.05, 4.69) is 34.6 Å². The summed E-state index contributed by atoms with van der Waals surface area (Å²) in [5.74, 6) is 0.617. The molecular weight excluding hydrogens is 464 g/mol. The molecule has 0 aromatic carbocycles. The van der Waals surface area contributed by atoms with Crippen molar-refractivity contribution < 1.29 is 23.8 Å². The highest BCUT2D eigenvalue weighted by Crippen LogP contribution is 2.92. The first kappa shape index (κ1) is 24.9. The van der Waals surface area contributed by atoms with Crippen LogP contribution in [0.5, 0.6) is 0 Å². The monoisotopic (exact) mass is 512 g/mol. The molecule has 0 radical (unpaired) electrons. The number of ether oxygens (including phenoxy) is 3. The van der Waals surface area contributed by atoms with Crippen LogP contribution in [0.1, 0.15) is 119 Å². The van der Waals surface area contributed by atoms with Gasteiger partial charge in [-0.3, -0.25) is 9.59 Å². The van der Waals surface area contributed by atoms with E-state index in [0.717, 1.165) is 19.3 Å².